The second kappa shape index (κ2) is 9.15. The molecule has 0 saturated carbocycles. The van der Waals surface area contributed by atoms with Crippen molar-refractivity contribution in [3.63, 3.8) is 0 Å². The number of ether oxygens (including phenoxy) is 1. The summed E-state index contributed by atoms with van der Waals surface area (Å²) in [7, 11) is 0. The Hall–Kier alpha value is -3.78. The van der Waals surface area contributed by atoms with E-state index in [-0.39, 0.29) is 12.5 Å². The molecule has 2 heterocycles. The molecule has 0 spiro atoms. The third kappa shape index (κ3) is 4.60. The van der Waals surface area contributed by atoms with E-state index in [0.717, 1.165) is 22.3 Å². The van der Waals surface area contributed by atoms with Crippen molar-refractivity contribution in [1.82, 2.24) is 19.7 Å². The van der Waals surface area contributed by atoms with Crippen LogP contribution in [0.5, 0.6) is 11.6 Å². The van der Waals surface area contributed by atoms with Crippen LogP contribution in [0.2, 0.25) is 0 Å². The van der Waals surface area contributed by atoms with Gasteiger partial charge in [0.15, 0.2) is 10.6 Å². The minimum atomic E-state index is -0.268. The van der Waals surface area contributed by atoms with Gasteiger partial charge >= 0.3 is 0 Å². The molecule has 2 aromatic heterocycles. The SMILES string of the molecule is Cc1cccc(-c2n[nH]c(=S)n2CC(=O)Nc2cccnc2Oc2cccc(C)c2C)c1. The number of anilines is 1. The van der Waals surface area contributed by atoms with Crippen molar-refractivity contribution in [2.24, 2.45) is 0 Å². The van der Waals surface area contributed by atoms with E-state index in [1.807, 2.05) is 63.2 Å². The summed E-state index contributed by atoms with van der Waals surface area (Å²) in [6.07, 6.45) is 1.62. The van der Waals surface area contributed by atoms with Gasteiger partial charge in [-0.3, -0.25) is 14.5 Å². The molecule has 0 aliphatic rings. The van der Waals surface area contributed by atoms with Gasteiger partial charge in [0.25, 0.3) is 0 Å². The zero-order valence-electron chi connectivity index (χ0n) is 18.0. The van der Waals surface area contributed by atoms with Gasteiger partial charge in [-0.25, -0.2) is 4.98 Å². The van der Waals surface area contributed by atoms with E-state index in [1.165, 1.54) is 0 Å². The summed E-state index contributed by atoms with van der Waals surface area (Å²) in [5, 5.41) is 9.97. The maximum Gasteiger partial charge on any atom is 0.244 e. The largest absolute Gasteiger partial charge is 0.437 e. The van der Waals surface area contributed by atoms with Gasteiger partial charge in [0, 0.05) is 11.8 Å². The molecule has 2 N–H and O–H groups in total. The molecule has 7 nitrogen and oxygen atoms in total. The first-order valence-corrected chi connectivity index (χ1v) is 10.5. The van der Waals surface area contributed by atoms with Gasteiger partial charge in [-0.05, 0) is 68.4 Å². The highest BCUT2D eigenvalue weighted by Gasteiger charge is 2.15. The van der Waals surface area contributed by atoms with Crippen molar-refractivity contribution >= 4 is 23.8 Å². The first kappa shape index (κ1) is 21.5. The number of nitrogens with zero attached hydrogens (tertiary/aromatic N) is 3. The third-order valence-corrected chi connectivity index (χ3v) is 5.45. The lowest BCUT2D eigenvalue weighted by Crippen LogP contribution is -2.20. The number of amides is 1. The van der Waals surface area contributed by atoms with Crippen molar-refractivity contribution in [1.29, 1.82) is 0 Å². The molecule has 162 valence electrons. The van der Waals surface area contributed by atoms with Crippen LogP contribution in [0.1, 0.15) is 16.7 Å². The lowest BCUT2D eigenvalue weighted by Gasteiger charge is -2.14. The summed E-state index contributed by atoms with van der Waals surface area (Å²) < 4.78 is 8.05. The van der Waals surface area contributed by atoms with Gasteiger partial charge in [0.2, 0.25) is 11.8 Å². The van der Waals surface area contributed by atoms with E-state index in [4.69, 9.17) is 17.0 Å². The summed E-state index contributed by atoms with van der Waals surface area (Å²) in [5.74, 6) is 1.35. The monoisotopic (exact) mass is 445 g/mol. The van der Waals surface area contributed by atoms with Crippen molar-refractivity contribution in [3.8, 4) is 23.0 Å². The van der Waals surface area contributed by atoms with E-state index in [1.54, 1.807) is 22.9 Å². The van der Waals surface area contributed by atoms with Crippen LogP contribution in [0.4, 0.5) is 5.69 Å². The van der Waals surface area contributed by atoms with E-state index in [9.17, 15) is 4.79 Å². The number of pyridine rings is 1. The van der Waals surface area contributed by atoms with Crippen LogP contribution < -0.4 is 10.1 Å². The molecule has 2 aromatic carbocycles. The lowest BCUT2D eigenvalue weighted by molar-refractivity contribution is -0.116. The summed E-state index contributed by atoms with van der Waals surface area (Å²) >= 11 is 5.36. The van der Waals surface area contributed by atoms with Crippen molar-refractivity contribution in [2.75, 3.05) is 5.32 Å². The zero-order chi connectivity index (χ0) is 22.7. The summed E-state index contributed by atoms with van der Waals surface area (Å²) in [6, 6.07) is 17.2. The number of nitrogens with one attached hydrogen (secondary N) is 2. The van der Waals surface area contributed by atoms with Crippen LogP contribution >= 0.6 is 12.2 Å². The molecular formula is C24H23N5O2S. The average molecular weight is 446 g/mol. The number of H-pyrrole nitrogens is 1. The lowest BCUT2D eigenvalue weighted by atomic mass is 10.1. The Morgan fingerprint density at radius 1 is 1.12 bits per heavy atom. The molecule has 0 fully saturated rings. The Kier molecular flexibility index (Phi) is 6.13. The fourth-order valence-corrected chi connectivity index (χ4v) is 3.51. The second-order valence-corrected chi connectivity index (χ2v) is 7.90. The standard InChI is InChI=1S/C24H23N5O2S/c1-15-7-4-9-18(13-15)22-27-28-24(32)29(22)14-21(30)26-19-10-6-12-25-23(19)31-20-11-5-8-16(2)17(20)3/h4-13H,14H2,1-3H3,(H,26,30)(H,28,32). The summed E-state index contributed by atoms with van der Waals surface area (Å²) in [4.78, 5) is 17.2. The first-order chi connectivity index (χ1) is 15.4. The van der Waals surface area contributed by atoms with Crippen molar-refractivity contribution in [3.05, 3.63) is 82.3 Å². The smallest absolute Gasteiger partial charge is 0.244 e. The summed E-state index contributed by atoms with van der Waals surface area (Å²) in [5.41, 5.74) is 4.58. The van der Waals surface area contributed by atoms with E-state index in [0.29, 0.717) is 27.9 Å². The Morgan fingerprint density at radius 2 is 1.94 bits per heavy atom. The molecule has 0 unspecified atom stereocenters. The molecule has 4 rings (SSSR count). The number of carbonyl (C=O) groups excluding carboxylic acids is 1. The normalized spacial score (nSPS) is 10.7. The van der Waals surface area contributed by atoms with Gasteiger partial charge in [0.05, 0.1) is 0 Å². The van der Waals surface area contributed by atoms with E-state index < -0.39 is 0 Å². The van der Waals surface area contributed by atoms with E-state index >= 15 is 0 Å². The molecule has 0 saturated heterocycles. The second-order valence-electron chi connectivity index (χ2n) is 7.51. The van der Waals surface area contributed by atoms with Crippen LogP contribution in [0.25, 0.3) is 11.4 Å². The summed E-state index contributed by atoms with van der Waals surface area (Å²) in [6.45, 7) is 6.00. The fraction of sp³-hybridized carbons (Fsp3) is 0.167. The van der Waals surface area contributed by atoms with Crippen molar-refractivity contribution in [2.45, 2.75) is 27.3 Å². The maximum atomic E-state index is 12.9. The zero-order valence-corrected chi connectivity index (χ0v) is 18.9. The van der Waals surface area contributed by atoms with Gasteiger partial charge in [-0.1, -0.05) is 35.9 Å². The topological polar surface area (TPSA) is 84.8 Å². The predicted octanol–water partition coefficient (Wildman–Crippen LogP) is 5.36. The molecular weight excluding hydrogens is 422 g/mol. The molecule has 0 bridgehead atoms. The highest BCUT2D eigenvalue weighted by atomic mass is 32.1. The Morgan fingerprint density at radius 3 is 2.75 bits per heavy atom. The molecule has 32 heavy (non-hydrogen) atoms. The number of aromatic nitrogens is 4. The number of carbonyl (C=O) groups is 1. The molecule has 0 aliphatic carbocycles. The minimum absolute atomic E-state index is 0.00356. The molecule has 4 aromatic rings. The van der Waals surface area contributed by atoms with Crippen LogP contribution in [-0.2, 0) is 11.3 Å². The number of rotatable bonds is 6. The van der Waals surface area contributed by atoms with Crippen LogP contribution in [0.15, 0.2) is 60.8 Å². The number of hydrogen-bond acceptors (Lipinski definition) is 5. The van der Waals surface area contributed by atoms with Gasteiger partial charge in [-0.2, -0.15) is 5.10 Å². The quantitative estimate of drug-likeness (QED) is 0.390. The van der Waals surface area contributed by atoms with Crippen LogP contribution in [0, 0.1) is 25.5 Å². The Labute approximate surface area is 191 Å². The Balaban J connectivity index is 1.56. The molecule has 0 atom stereocenters. The third-order valence-electron chi connectivity index (χ3n) is 5.14. The number of aromatic amines is 1. The van der Waals surface area contributed by atoms with E-state index in [2.05, 4.69) is 20.5 Å². The highest BCUT2D eigenvalue weighted by molar-refractivity contribution is 7.71. The fourth-order valence-electron chi connectivity index (χ4n) is 3.31. The number of aryl methyl sites for hydroxylation is 2. The molecule has 1 amide bonds. The molecule has 0 radical (unpaired) electrons. The van der Waals surface area contributed by atoms with Gasteiger partial charge < -0.3 is 10.1 Å². The Bertz CT molecular complexity index is 1340. The van der Waals surface area contributed by atoms with Crippen LogP contribution in [-0.4, -0.2) is 25.7 Å². The molecule has 8 heteroatoms. The number of hydrogen-bond donors (Lipinski definition) is 2. The molecule has 0 aliphatic heterocycles. The van der Waals surface area contributed by atoms with Gasteiger partial charge in [0.1, 0.15) is 18.0 Å². The van der Waals surface area contributed by atoms with Crippen molar-refractivity contribution < 1.29 is 9.53 Å². The van der Waals surface area contributed by atoms with Crippen LogP contribution in [0.3, 0.4) is 0 Å². The first-order valence-electron chi connectivity index (χ1n) is 10.1. The predicted molar refractivity (Wildman–Crippen MR) is 126 cm³/mol. The van der Waals surface area contributed by atoms with Gasteiger partial charge in [-0.15, -0.1) is 0 Å². The minimum Gasteiger partial charge on any atom is -0.437 e. The average Bonchev–Trinajstić information content (AvgIpc) is 3.13. The number of benzene rings is 2. The maximum absolute atomic E-state index is 12.9. The highest BCUT2D eigenvalue weighted by Crippen LogP contribution is 2.30.